The average Bonchev–Trinajstić information content (AvgIpc) is 2.42. The summed E-state index contributed by atoms with van der Waals surface area (Å²) >= 11 is 0. The van der Waals surface area contributed by atoms with Gasteiger partial charge in [-0.2, -0.15) is 0 Å². The van der Waals surface area contributed by atoms with Crippen LogP contribution in [0.1, 0.15) is 61.8 Å². The predicted octanol–water partition coefficient (Wildman–Crippen LogP) is 2.26. The standard InChI is InChI=1S/C14H23N3O3/c1-10(2)13-16-9-11(12(17-13)14(19)20)15-7-5-3-4-6-8-18/h9-10,15,18H,3-8H2,1-2H3,(H,19,20). The van der Waals surface area contributed by atoms with Gasteiger partial charge in [-0.05, 0) is 12.8 Å². The van der Waals surface area contributed by atoms with Gasteiger partial charge in [0.25, 0.3) is 0 Å². The van der Waals surface area contributed by atoms with Crippen LogP contribution in [0, 0.1) is 0 Å². The lowest BCUT2D eigenvalue weighted by Gasteiger charge is -2.11. The fourth-order valence-electron chi connectivity index (χ4n) is 1.78. The maximum Gasteiger partial charge on any atom is 0.356 e. The van der Waals surface area contributed by atoms with E-state index in [9.17, 15) is 9.90 Å². The normalized spacial score (nSPS) is 10.8. The van der Waals surface area contributed by atoms with Gasteiger partial charge < -0.3 is 15.5 Å². The van der Waals surface area contributed by atoms with Crippen LogP contribution in [0.15, 0.2) is 6.20 Å². The number of unbranched alkanes of at least 4 members (excludes halogenated alkanes) is 3. The van der Waals surface area contributed by atoms with Gasteiger partial charge in [0.2, 0.25) is 0 Å². The third-order valence-electron chi connectivity index (χ3n) is 2.93. The second-order valence-electron chi connectivity index (χ2n) is 5.01. The summed E-state index contributed by atoms with van der Waals surface area (Å²) in [5, 5.41) is 20.9. The molecule has 0 amide bonds. The van der Waals surface area contributed by atoms with Crippen LogP contribution >= 0.6 is 0 Å². The zero-order chi connectivity index (χ0) is 15.0. The Hall–Kier alpha value is -1.69. The lowest BCUT2D eigenvalue weighted by Crippen LogP contribution is -2.13. The monoisotopic (exact) mass is 281 g/mol. The number of carboxylic acids is 1. The Labute approximate surface area is 119 Å². The Balaban J connectivity index is 2.58. The van der Waals surface area contributed by atoms with Gasteiger partial charge in [-0.25, -0.2) is 14.8 Å². The molecule has 112 valence electrons. The minimum Gasteiger partial charge on any atom is -0.476 e. The van der Waals surface area contributed by atoms with Crippen molar-refractivity contribution in [1.29, 1.82) is 0 Å². The Kier molecular flexibility index (Phi) is 6.93. The lowest BCUT2D eigenvalue weighted by molar-refractivity contribution is 0.0691. The van der Waals surface area contributed by atoms with E-state index in [0.717, 1.165) is 25.7 Å². The zero-order valence-electron chi connectivity index (χ0n) is 12.1. The summed E-state index contributed by atoms with van der Waals surface area (Å²) in [6.45, 7) is 4.75. The van der Waals surface area contributed by atoms with E-state index < -0.39 is 5.97 Å². The molecule has 0 aliphatic carbocycles. The van der Waals surface area contributed by atoms with Crippen molar-refractivity contribution < 1.29 is 15.0 Å². The third kappa shape index (κ3) is 5.13. The highest BCUT2D eigenvalue weighted by atomic mass is 16.4. The minimum absolute atomic E-state index is 0.0269. The number of aromatic carboxylic acids is 1. The molecule has 1 rings (SSSR count). The molecule has 20 heavy (non-hydrogen) atoms. The van der Waals surface area contributed by atoms with E-state index in [-0.39, 0.29) is 18.2 Å². The molecule has 3 N–H and O–H groups in total. The maximum absolute atomic E-state index is 11.2. The number of hydrogen-bond donors (Lipinski definition) is 3. The molecule has 0 saturated carbocycles. The molecule has 1 aromatic heterocycles. The van der Waals surface area contributed by atoms with Gasteiger partial charge in [0, 0.05) is 19.1 Å². The average molecular weight is 281 g/mol. The van der Waals surface area contributed by atoms with Crippen LogP contribution in [0.25, 0.3) is 0 Å². The molecule has 6 nitrogen and oxygen atoms in total. The number of rotatable bonds is 9. The van der Waals surface area contributed by atoms with Crippen molar-refractivity contribution in [3.8, 4) is 0 Å². The lowest BCUT2D eigenvalue weighted by atomic mass is 10.2. The first-order valence-corrected chi connectivity index (χ1v) is 7.01. The van der Waals surface area contributed by atoms with Gasteiger partial charge in [0.15, 0.2) is 5.69 Å². The number of aliphatic hydroxyl groups is 1. The van der Waals surface area contributed by atoms with Crippen molar-refractivity contribution in [3.63, 3.8) is 0 Å². The van der Waals surface area contributed by atoms with Crippen LogP contribution in [0.2, 0.25) is 0 Å². The highest BCUT2D eigenvalue weighted by Crippen LogP contribution is 2.16. The molecule has 0 aromatic carbocycles. The fourth-order valence-corrected chi connectivity index (χ4v) is 1.78. The van der Waals surface area contributed by atoms with Crippen molar-refractivity contribution in [3.05, 3.63) is 17.7 Å². The van der Waals surface area contributed by atoms with Crippen LogP contribution in [0.4, 0.5) is 5.69 Å². The van der Waals surface area contributed by atoms with Crippen molar-refractivity contribution in [2.75, 3.05) is 18.5 Å². The summed E-state index contributed by atoms with van der Waals surface area (Å²) in [5.74, 6) is -0.409. The summed E-state index contributed by atoms with van der Waals surface area (Å²) in [6.07, 6.45) is 5.25. The number of nitrogens with one attached hydrogen (secondary N) is 1. The van der Waals surface area contributed by atoms with Crippen molar-refractivity contribution in [2.45, 2.75) is 45.4 Å². The van der Waals surface area contributed by atoms with Gasteiger partial charge in [0.1, 0.15) is 5.82 Å². The van der Waals surface area contributed by atoms with E-state index in [1.807, 2.05) is 13.8 Å². The molecule has 0 spiro atoms. The number of hydrogen-bond acceptors (Lipinski definition) is 5. The summed E-state index contributed by atoms with van der Waals surface area (Å²) in [6, 6.07) is 0. The minimum atomic E-state index is -1.04. The van der Waals surface area contributed by atoms with E-state index in [1.54, 1.807) is 6.20 Å². The third-order valence-corrected chi connectivity index (χ3v) is 2.93. The van der Waals surface area contributed by atoms with E-state index in [1.165, 1.54) is 0 Å². The smallest absolute Gasteiger partial charge is 0.356 e. The van der Waals surface area contributed by atoms with Gasteiger partial charge in [-0.15, -0.1) is 0 Å². The number of aliphatic hydroxyl groups excluding tert-OH is 1. The number of carboxylic acid groups (broad SMARTS) is 1. The van der Waals surface area contributed by atoms with Crippen LogP contribution in [0.5, 0.6) is 0 Å². The van der Waals surface area contributed by atoms with Gasteiger partial charge in [-0.3, -0.25) is 0 Å². The highest BCUT2D eigenvalue weighted by molar-refractivity contribution is 5.91. The first-order valence-electron chi connectivity index (χ1n) is 7.01. The molecule has 6 heteroatoms. The predicted molar refractivity (Wildman–Crippen MR) is 77.1 cm³/mol. The summed E-state index contributed by atoms with van der Waals surface area (Å²) in [7, 11) is 0. The van der Waals surface area contributed by atoms with Crippen LogP contribution < -0.4 is 5.32 Å². The molecular weight excluding hydrogens is 258 g/mol. The van der Waals surface area contributed by atoms with Gasteiger partial charge in [-0.1, -0.05) is 26.7 Å². The molecular formula is C14H23N3O3. The summed E-state index contributed by atoms with van der Waals surface area (Å²) in [4.78, 5) is 19.5. The van der Waals surface area contributed by atoms with Gasteiger partial charge >= 0.3 is 5.97 Å². The molecule has 0 aliphatic heterocycles. The van der Waals surface area contributed by atoms with Crippen molar-refractivity contribution in [2.24, 2.45) is 0 Å². The largest absolute Gasteiger partial charge is 0.476 e. The second-order valence-corrected chi connectivity index (χ2v) is 5.01. The SMILES string of the molecule is CC(C)c1ncc(NCCCCCCO)c(C(=O)O)n1. The van der Waals surface area contributed by atoms with Crippen molar-refractivity contribution in [1.82, 2.24) is 9.97 Å². The fraction of sp³-hybridized carbons (Fsp3) is 0.643. The van der Waals surface area contributed by atoms with Crippen LogP contribution in [0.3, 0.4) is 0 Å². The van der Waals surface area contributed by atoms with Gasteiger partial charge in [0.05, 0.1) is 11.9 Å². The molecule has 0 atom stereocenters. The maximum atomic E-state index is 11.2. The highest BCUT2D eigenvalue weighted by Gasteiger charge is 2.15. The molecule has 0 unspecified atom stereocenters. The molecule has 0 bridgehead atoms. The molecule has 0 saturated heterocycles. The number of anilines is 1. The molecule has 0 radical (unpaired) electrons. The second kappa shape index (κ2) is 8.47. The molecule has 0 fully saturated rings. The van der Waals surface area contributed by atoms with E-state index in [4.69, 9.17) is 5.11 Å². The molecule has 1 heterocycles. The Morgan fingerprint density at radius 2 is 2.00 bits per heavy atom. The first kappa shape index (κ1) is 16.4. The number of nitrogens with zero attached hydrogens (tertiary/aromatic N) is 2. The Morgan fingerprint density at radius 3 is 2.60 bits per heavy atom. The van der Waals surface area contributed by atoms with E-state index in [2.05, 4.69) is 15.3 Å². The van der Waals surface area contributed by atoms with Crippen molar-refractivity contribution >= 4 is 11.7 Å². The van der Waals surface area contributed by atoms with Crippen LogP contribution in [-0.4, -0.2) is 39.3 Å². The molecule has 1 aromatic rings. The van der Waals surface area contributed by atoms with E-state index in [0.29, 0.717) is 18.1 Å². The quantitative estimate of drug-likeness (QED) is 0.601. The molecule has 0 aliphatic rings. The summed E-state index contributed by atoms with van der Waals surface area (Å²) < 4.78 is 0. The van der Waals surface area contributed by atoms with Crippen LogP contribution in [-0.2, 0) is 0 Å². The summed E-state index contributed by atoms with van der Waals surface area (Å²) in [5.41, 5.74) is 0.489. The zero-order valence-corrected chi connectivity index (χ0v) is 12.1. The number of aromatic nitrogens is 2. The Bertz CT molecular complexity index is 436. The number of carbonyl (C=O) groups is 1. The van der Waals surface area contributed by atoms with E-state index >= 15 is 0 Å². The Morgan fingerprint density at radius 1 is 1.30 bits per heavy atom. The topological polar surface area (TPSA) is 95.3 Å². The first-order chi connectivity index (χ1) is 9.56.